The lowest BCUT2D eigenvalue weighted by Gasteiger charge is -2.17. The Morgan fingerprint density at radius 3 is 2.74 bits per heavy atom. The summed E-state index contributed by atoms with van der Waals surface area (Å²) in [6.45, 7) is 2.06. The Bertz CT molecular complexity index is 1110. The molecule has 0 aliphatic carbocycles. The van der Waals surface area contributed by atoms with Gasteiger partial charge in [0.15, 0.2) is 11.8 Å². The number of pyridine rings is 1. The zero-order chi connectivity index (χ0) is 21.7. The number of aliphatic hydroxyl groups is 1. The highest BCUT2D eigenvalue weighted by molar-refractivity contribution is 6.33. The van der Waals surface area contributed by atoms with Gasteiger partial charge in [-0.05, 0) is 25.1 Å². The summed E-state index contributed by atoms with van der Waals surface area (Å²) in [5.41, 5.74) is 0.727. The summed E-state index contributed by atoms with van der Waals surface area (Å²) >= 11 is 6.31. The van der Waals surface area contributed by atoms with Crippen molar-refractivity contribution in [2.75, 3.05) is 18.5 Å². The molecule has 5 rings (SSSR count). The average molecular weight is 453 g/mol. The molecule has 3 aromatic rings. The van der Waals surface area contributed by atoms with E-state index in [9.17, 15) is 13.9 Å². The fraction of sp³-hybridized carbons (Fsp3) is 0.400. The van der Waals surface area contributed by atoms with E-state index >= 15 is 0 Å². The lowest BCUT2D eigenvalue weighted by atomic mass is 10.1. The first-order chi connectivity index (χ1) is 14.9. The molecule has 3 N–H and O–H groups in total. The van der Waals surface area contributed by atoms with E-state index in [0.29, 0.717) is 11.2 Å². The molecule has 5 atom stereocenters. The number of hydrogen-bond acceptors (Lipinski definition) is 7. The number of rotatable bonds is 5. The van der Waals surface area contributed by atoms with Gasteiger partial charge in [0.1, 0.15) is 35.8 Å². The van der Waals surface area contributed by atoms with Crippen LogP contribution < -0.4 is 10.1 Å². The molecule has 1 unspecified atom stereocenters. The maximum Gasteiger partial charge on any atom is 0.296 e. The molecule has 11 heteroatoms. The zero-order valence-corrected chi connectivity index (χ0v) is 17.1. The molecule has 1 aromatic carbocycles. The van der Waals surface area contributed by atoms with Gasteiger partial charge in [0.25, 0.3) is 6.01 Å². The Labute approximate surface area is 180 Å². The highest BCUT2D eigenvalue weighted by Gasteiger charge is 2.48. The summed E-state index contributed by atoms with van der Waals surface area (Å²) in [7, 11) is 0. The van der Waals surface area contributed by atoms with Crippen LogP contribution in [0, 0.1) is 11.6 Å². The molecule has 4 heterocycles. The smallest absolute Gasteiger partial charge is 0.296 e. The number of nitrogens with zero attached hydrogens (tertiary/aromatic N) is 2. The number of aromatic nitrogens is 3. The number of aliphatic hydroxyl groups excluding tert-OH is 1. The number of aromatic amines is 1. The number of anilines is 1. The van der Waals surface area contributed by atoms with Gasteiger partial charge in [-0.15, -0.1) is 0 Å². The first kappa shape index (κ1) is 20.4. The van der Waals surface area contributed by atoms with Gasteiger partial charge in [0, 0.05) is 5.56 Å². The molecular weight excluding hydrogens is 434 g/mol. The zero-order valence-electron chi connectivity index (χ0n) is 16.3. The SMILES string of the molecule is CC(Nc1nc2nc(O[C@@H]3CO[C@H]4[C@@H]3OC[C@H]4O)[nH]c2cc1Cl)c1c(F)cccc1F. The second-order valence-corrected chi connectivity index (χ2v) is 7.96. The fourth-order valence-electron chi connectivity index (χ4n) is 3.94. The topological polar surface area (TPSA) is 102 Å². The number of hydrogen-bond donors (Lipinski definition) is 3. The number of benzene rings is 1. The normalized spacial score (nSPS) is 26.2. The predicted octanol–water partition coefficient (Wildman–Crippen LogP) is 2.97. The molecule has 2 saturated heterocycles. The van der Waals surface area contributed by atoms with Gasteiger partial charge in [0.2, 0.25) is 0 Å². The summed E-state index contributed by atoms with van der Waals surface area (Å²) in [5.74, 6) is -1.10. The van der Waals surface area contributed by atoms with Gasteiger partial charge in [-0.1, -0.05) is 17.7 Å². The second kappa shape index (κ2) is 7.86. The second-order valence-electron chi connectivity index (χ2n) is 7.55. The van der Waals surface area contributed by atoms with E-state index in [2.05, 4.69) is 20.3 Å². The number of ether oxygens (including phenoxy) is 3. The minimum atomic E-state index is -0.725. The molecule has 0 saturated carbocycles. The van der Waals surface area contributed by atoms with Crippen LogP contribution in [-0.4, -0.2) is 57.7 Å². The van der Waals surface area contributed by atoms with Crippen LogP contribution in [0.2, 0.25) is 5.02 Å². The third kappa shape index (κ3) is 3.69. The fourth-order valence-corrected chi connectivity index (χ4v) is 4.15. The summed E-state index contributed by atoms with van der Waals surface area (Å²) in [5, 5.41) is 13.0. The van der Waals surface area contributed by atoms with E-state index in [-0.39, 0.29) is 41.7 Å². The standard InChI is InChI=1S/C20H19ClF2N4O4/c1-8(15-10(22)3-2-4-11(15)23)24-18-9(21)5-12-19(26-18)27-20(25-12)31-14-7-30-16-13(28)6-29-17(14)16/h2-5,8,13-14,16-17,28H,6-7H2,1H3,(H2,24,25,26,27)/t8?,13-,14-,16-,17-/m1/s1. The molecule has 164 valence electrons. The van der Waals surface area contributed by atoms with Crippen LogP contribution in [0.3, 0.4) is 0 Å². The molecule has 0 radical (unpaired) electrons. The molecule has 2 aromatic heterocycles. The number of halogens is 3. The van der Waals surface area contributed by atoms with Gasteiger partial charge in [-0.2, -0.15) is 4.98 Å². The molecule has 0 spiro atoms. The molecular formula is C20H19ClF2N4O4. The van der Waals surface area contributed by atoms with Crippen LogP contribution in [0.1, 0.15) is 18.5 Å². The minimum Gasteiger partial charge on any atom is -0.456 e. The van der Waals surface area contributed by atoms with E-state index in [0.717, 1.165) is 0 Å². The van der Waals surface area contributed by atoms with Crippen LogP contribution in [-0.2, 0) is 9.47 Å². The number of fused-ring (bicyclic) bond motifs is 2. The lowest BCUT2D eigenvalue weighted by molar-refractivity contribution is 0.00706. The molecule has 2 fully saturated rings. The van der Waals surface area contributed by atoms with Gasteiger partial charge in [-0.3, -0.25) is 0 Å². The van der Waals surface area contributed by atoms with Crippen LogP contribution in [0.15, 0.2) is 24.3 Å². The van der Waals surface area contributed by atoms with Crippen LogP contribution in [0.4, 0.5) is 14.6 Å². The number of nitrogens with one attached hydrogen (secondary N) is 2. The predicted molar refractivity (Wildman–Crippen MR) is 107 cm³/mol. The Hall–Kier alpha value is -2.53. The highest BCUT2D eigenvalue weighted by atomic mass is 35.5. The summed E-state index contributed by atoms with van der Waals surface area (Å²) < 4.78 is 45.1. The Morgan fingerprint density at radius 1 is 1.23 bits per heavy atom. The maximum atomic E-state index is 14.1. The number of H-pyrrole nitrogens is 1. The summed E-state index contributed by atoms with van der Waals surface area (Å²) in [6, 6.07) is 4.76. The van der Waals surface area contributed by atoms with E-state index in [4.69, 9.17) is 25.8 Å². The molecule has 31 heavy (non-hydrogen) atoms. The molecule has 0 amide bonds. The lowest BCUT2D eigenvalue weighted by Crippen LogP contribution is -2.34. The van der Waals surface area contributed by atoms with Crippen molar-refractivity contribution in [2.24, 2.45) is 0 Å². The van der Waals surface area contributed by atoms with Crippen molar-refractivity contribution in [2.45, 2.75) is 37.4 Å². The van der Waals surface area contributed by atoms with Crippen molar-refractivity contribution in [3.63, 3.8) is 0 Å². The van der Waals surface area contributed by atoms with E-state index in [1.165, 1.54) is 18.2 Å². The van der Waals surface area contributed by atoms with Crippen molar-refractivity contribution in [3.05, 3.63) is 46.5 Å². The summed E-state index contributed by atoms with van der Waals surface area (Å²) in [4.78, 5) is 11.7. The van der Waals surface area contributed by atoms with Crippen molar-refractivity contribution >= 4 is 28.6 Å². The monoisotopic (exact) mass is 452 g/mol. The minimum absolute atomic E-state index is 0.110. The van der Waals surface area contributed by atoms with Crippen molar-refractivity contribution in [1.82, 2.24) is 15.0 Å². The molecule has 8 nitrogen and oxygen atoms in total. The van der Waals surface area contributed by atoms with Gasteiger partial charge >= 0.3 is 0 Å². The van der Waals surface area contributed by atoms with E-state index in [1.807, 2.05) is 0 Å². The van der Waals surface area contributed by atoms with Gasteiger partial charge < -0.3 is 29.6 Å². The van der Waals surface area contributed by atoms with Crippen molar-refractivity contribution in [1.29, 1.82) is 0 Å². The van der Waals surface area contributed by atoms with Crippen LogP contribution in [0.5, 0.6) is 6.01 Å². The average Bonchev–Trinajstić information content (AvgIpc) is 3.39. The van der Waals surface area contributed by atoms with Crippen LogP contribution >= 0.6 is 11.6 Å². The molecule has 2 aliphatic rings. The Morgan fingerprint density at radius 2 is 1.97 bits per heavy atom. The van der Waals surface area contributed by atoms with Gasteiger partial charge in [-0.25, -0.2) is 13.8 Å². The van der Waals surface area contributed by atoms with Crippen molar-refractivity contribution in [3.8, 4) is 6.01 Å². The first-order valence-corrected chi connectivity index (χ1v) is 10.1. The molecule has 2 aliphatic heterocycles. The van der Waals surface area contributed by atoms with Crippen molar-refractivity contribution < 1.29 is 28.1 Å². The first-order valence-electron chi connectivity index (χ1n) is 9.75. The Balaban J connectivity index is 1.36. The quantitative estimate of drug-likeness (QED) is 0.547. The third-order valence-electron chi connectivity index (χ3n) is 5.44. The van der Waals surface area contributed by atoms with Crippen LogP contribution in [0.25, 0.3) is 11.2 Å². The third-order valence-corrected chi connectivity index (χ3v) is 5.72. The molecule has 0 bridgehead atoms. The number of imidazole rings is 1. The van der Waals surface area contributed by atoms with E-state index < -0.39 is 36.0 Å². The largest absolute Gasteiger partial charge is 0.456 e. The van der Waals surface area contributed by atoms with Gasteiger partial charge in [0.05, 0.1) is 29.8 Å². The summed E-state index contributed by atoms with van der Waals surface area (Å²) in [6.07, 6.45) is -1.91. The highest BCUT2D eigenvalue weighted by Crippen LogP contribution is 2.32. The Kier molecular flexibility index (Phi) is 5.17. The maximum absolute atomic E-state index is 14.1. The van der Waals surface area contributed by atoms with E-state index in [1.54, 1.807) is 13.0 Å².